The molecular weight excluding hydrogens is 318 g/mol. The van der Waals surface area contributed by atoms with Gasteiger partial charge < -0.3 is 20.2 Å². The second-order valence-electron chi connectivity index (χ2n) is 7.49. The van der Waals surface area contributed by atoms with Crippen molar-refractivity contribution in [1.82, 2.24) is 10.6 Å². The Kier molecular flexibility index (Phi) is 5.27. The average molecular weight is 345 g/mol. The number of amides is 2. The highest BCUT2D eigenvalue weighted by molar-refractivity contribution is 6.01. The molecule has 1 aromatic carbocycles. The predicted molar refractivity (Wildman–Crippen MR) is 96.8 cm³/mol. The molecule has 0 bridgehead atoms. The number of carbonyl (C=O) groups is 1. The van der Waals surface area contributed by atoms with Crippen LogP contribution in [0.25, 0.3) is 0 Å². The molecule has 0 aromatic heterocycles. The van der Waals surface area contributed by atoms with Crippen molar-refractivity contribution in [2.24, 2.45) is 5.16 Å². The molecule has 2 amide bonds. The predicted octanol–water partition coefficient (Wildman–Crippen LogP) is 2.74. The molecular formula is C19H27N3O3. The van der Waals surface area contributed by atoms with E-state index in [4.69, 9.17) is 9.57 Å². The van der Waals surface area contributed by atoms with E-state index >= 15 is 0 Å². The first-order chi connectivity index (χ1) is 11.9. The van der Waals surface area contributed by atoms with Crippen molar-refractivity contribution in [2.75, 3.05) is 13.2 Å². The first kappa shape index (κ1) is 17.7. The minimum Gasteiger partial charge on any atom is -0.390 e. The number of rotatable bonds is 4. The molecule has 1 saturated heterocycles. The molecule has 25 heavy (non-hydrogen) atoms. The van der Waals surface area contributed by atoms with Crippen molar-refractivity contribution in [2.45, 2.75) is 57.8 Å². The summed E-state index contributed by atoms with van der Waals surface area (Å²) in [5.41, 5.74) is 3.04. The van der Waals surface area contributed by atoms with Crippen molar-refractivity contribution in [3.63, 3.8) is 0 Å². The molecule has 1 fully saturated rings. The Balaban J connectivity index is 1.41. The average Bonchev–Trinajstić information content (AvgIpc) is 3.02. The largest absolute Gasteiger partial charge is 0.390 e. The van der Waals surface area contributed by atoms with Crippen LogP contribution in [0.2, 0.25) is 0 Å². The first-order valence-corrected chi connectivity index (χ1v) is 8.89. The summed E-state index contributed by atoms with van der Waals surface area (Å²) in [4.78, 5) is 17.6. The van der Waals surface area contributed by atoms with Gasteiger partial charge in [0.2, 0.25) is 0 Å². The van der Waals surface area contributed by atoms with E-state index in [0.29, 0.717) is 19.6 Å². The molecule has 2 aliphatic heterocycles. The quantitative estimate of drug-likeness (QED) is 0.881. The summed E-state index contributed by atoms with van der Waals surface area (Å²) < 4.78 is 5.67. The first-order valence-electron chi connectivity index (χ1n) is 8.89. The Labute approximate surface area is 149 Å². The van der Waals surface area contributed by atoms with Crippen LogP contribution in [-0.4, -0.2) is 42.6 Å². The van der Waals surface area contributed by atoms with E-state index in [1.54, 1.807) is 0 Å². The highest BCUT2D eigenvalue weighted by Crippen LogP contribution is 2.23. The van der Waals surface area contributed by atoms with E-state index in [-0.39, 0.29) is 23.8 Å². The van der Waals surface area contributed by atoms with Gasteiger partial charge in [-0.1, -0.05) is 35.0 Å². The van der Waals surface area contributed by atoms with Gasteiger partial charge in [-0.15, -0.1) is 0 Å². The molecule has 1 aromatic rings. The summed E-state index contributed by atoms with van der Waals surface area (Å²) in [5.74, 6) is 0. The highest BCUT2D eigenvalue weighted by Gasteiger charge is 2.30. The van der Waals surface area contributed by atoms with Crippen LogP contribution in [0, 0.1) is 6.92 Å². The molecule has 0 radical (unpaired) electrons. The summed E-state index contributed by atoms with van der Waals surface area (Å²) >= 11 is 0. The van der Waals surface area contributed by atoms with Crippen LogP contribution >= 0.6 is 0 Å². The number of aryl methyl sites for hydroxylation is 1. The molecule has 6 heteroatoms. The van der Waals surface area contributed by atoms with E-state index in [1.807, 2.05) is 12.1 Å². The Morgan fingerprint density at radius 2 is 2.08 bits per heavy atom. The second-order valence-corrected chi connectivity index (χ2v) is 7.49. The summed E-state index contributed by atoms with van der Waals surface area (Å²) in [6.45, 7) is 7.28. The van der Waals surface area contributed by atoms with Crippen LogP contribution in [0.5, 0.6) is 0 Å². The number of urea groups is 1. The molecule has 0 spiro atoms. The molecule has 2 aliphatic rings. The van der Waals surface area contributed by atoms with Gasteiger partial charge in [-0.05, 0) is 39.2 Å². The summed E-state index contributed by atoms with van der Waals surface area (Å²) in [7, 11) is 0. The number of ether oxygens (including phenoxy) is 1. The lowest BCUT2D eigenvalue weighted by Gasteiger charge is -2.35. The molecule has 0 aliphatic carbocycles. The highest BCUT2D eigenvalue weighted by atomic mass is 16.6. The zero-order valence-corrected chi connectivity index (χ0v) is 15.2. The van der Waals surface area contributed by atoms with Gasteiger partial charge in [-0.25, -0.2) is 4.79 Å². The lowest BCUT2D eigenvalue weighted by atomic mass is 9.94. The van der Waals surface area contributed by atoms with Crippen molar-refractivity contribution >= 4 is 11.7 Å². The zero-order valence-electron chi connectivity index (χ0n) is 15.2. The molecule has 136 valence electrons. The van der Waals surface area contributed by atoms with E-state index in [0.717, 1.165) is 24.1 Å². The Hall–Kier alpha value is -2.08. The van der Waals surface area contributed by atoms with Crippen molar-refractivity contribution < 1.29 is 14.4 Å². The van der Waals surface area contributed by atoms with Crippen LogP contribution in [0.3, 0.4) is 0 Å². The third-order valence-corrected chi connectivity index (χ3v) is 4.64. The van der Waals surface area contributed by atoms with Crippen LogP contribution in [-0.2, 0) is 9.57 Å². The fraction of sp³-hybridized carbons (Fsp3) is 0.579. The monoisotopic (exact) mass is 345 g/mol. The Bertz CT molecular complexity index is 640. The number of benzene rings is 1. The van der Waals surface area contributed by atoms with E-state index < -0.39 is 0 Å². The number of nitrogens with one attached hydrogen (secondary N) is 2. The molecule has 6 nitrogen and oxygen atoms in total. The standard InChI is InChI=1S/C19H27N3O3/c1-13-4-6-14(7-5-13)17-10-16(25-22-17)12-20-18(23)21-15-8-9-24-19(2,3)11-15/h4-7,15-16H,8-12H2,1-3H3,(H2,20,21,23). The van der Waals surface area contributed by atoms with Gasteiger partial charge in [0.25, 0.3) is 0 Å². The Morgan fingerprint density at radius 3 is 2.80 bits per heavy atom. The molecule has 0 saturated carbocycles. The van der Waals surface area contributed by atoms with Gasteiger partial charge in [0.1, 0.15) is 0 Å². The van der Waals surface area contributed by atoms with Gasteiger partial charge in [0.15, 0.2) is 6.10 Å². The SMILES string of the molecule is Cc1ccc(C2=NOC(CNC(=O)NC3CCOC(C)(C)C3)C2)cc1. The fourth-order valence-electron chi connectivity index (χ4n) is 3.25. The van der Waals surface area contributed by atoms with Gasteiger partial charge in [-0.3, -0.25) is 0 Å². The number of hydrogen-bond acceptors (Lipinski definition) is 4. The minimum absolute atomic E-state index is 0.117. The molecule has 2 unspecified atom stereocenters. The fourth-order valence-corrected chi connectivity index (χ4v) is 3.25. The van der Waals surface area contributed by atoms with Crippen molar-refractivity contribution in [3.8, 4) is 0 Å². The maximum atomic E-state index is 12.1. The summed E-state index contributed by atoms with van der Waals surface area (Å²) in [6.07, 6.45) is 2.25. The molecule has 2 N–H and O–H groups in total. The molecule has 3 rings (SSSR count). The van der Waals surface area contributed by atoms with Crippen LogP contribution in [0.15, 0.2) is 29.4 Å². The summed E-state index contributed by atoms with van der Waals surface area (Å²) in [5, 5.41) is 10.1. The maximum absolute atomic E-state index is 12.1. The smallest absolute Gasteiger partial charge is 0.315 e. The topological polar surface area (TPSA) is 72.0 Å². The molecule has 2 atom stereocenters. The van der Waals surface area contributed by atoms with Crippen molar-refractivity contribution in [1.29, 1.82) is 0 Å². The van der Waals surface area contributed by atoms with E-state index in [9.17, 15) is 4.79 Å². The lowest BCUT2D eigenvalue weighted by molar-refractivity contribution is -0.0611. The number of carbonyl (C=O) groups excluding carboxylic acids is 1. The van der Waals surface area contributed by atoms with Crippen LogP contribution in [0.1, 0.15) is 44.2 Å². The van der Waals surface area contributed by atoms with Gasteiger partial charge >= 0.3 is 6.03 Å². The minimum atomic E-state index is -0.179. The van der Waals surface area contributed by atoms with Crippen LogP contribution < -0.4 is 10.6 Å². The maximum Gasteiger partial charge on any atom is 0.315 e. The van der Waals surface area contributed by atoms with E-state index in [1.165, 1.54) is 5.56 Å². The zero-order chi connectivity index (χ0) is 17.9. The summed E-state index contributed by atoms with van der Waals surface area (Å²) in [6, 6.07) is 8.21. The Morgan fingerprint density at radius 1 is 1.32 bits per heavy atom. The third kappa shape index (κ3) is 4.95. The van der Waals surface area contributed by atoms with Gasteiger partial charge in [0, 0.05) is 19.1 Å². The van der Waals surface area contributed by atoms with Gasteiger partial charge in [0.05, 0.1) is 17.9 Å². The normalized spacial score (nSPS) is 25.0. The lowest BCUT2D eigenvalue weighted by Crippen LogP contribution is -2.49. The van der Waals surface area contributed by atoms with E-state index in [2.05, 4.69) is 48.7 Å². The number of nitrogens with zero attached hydrogens (tertiary/aromatic N) is 1. The van der Waals surface area contributed by atoms with Crippen molar-refractivity contribution in [3.05, 3.63) is 35.4 Å². The molecule has 2 heterocycles. The second kappa shape index (κ2) is 7.44. The third-order valence-electron chi connectivity index (χ3n) is 4.64. The number of hydrogen-bond donors (Lipinski definition) is 2. The van der Waals surface area contributed by atoms with Gasteiger partial charge in [-0.2, -0.15) is 0 Å². The number of oxime groups is 1. The van der Waals surface area contributed by atoms with Crippen LogP contribution in [0.4, 0.5) is 4.79 Å².